The van der Waals surface area contributed by atoms with E-state index in [4.69, 9.17) is 11.0 Å². The lowest BCUT2D eigenvalue weighted by Crippen LogP contribution is -2.16. The highest BCUT2D eigenvalue weighted by molar-refractivity contribution is 5.58. The fraction of sp³-hybridized carbons (Fsp3) is 0.188. The lowest BCUT2D eigenvalue weighted by Gasteiger charge is -2.20. The molecule has 2 N–H and O–H groups in total. The Morgan fingerprint density at radius 3 is 2.68 bits per heavy atom. The van der Waals surface area contributed by atoms with Crippen molar-refractivity contribution < 1.29 is 0 Å². The second-order valence-electron chi connectivity index (χ2n) is 4.77. The smallest absolute Gasteiger partial charge is 0.0991 e. The first-order valence-electron chi connectivity index (χ1n) is 6.16. The van der Waals surface area contributed by atoms with Crippen molar-refractivity contribution in [3.05, 3.63) is 59.2 Å². The summed E-state index contributed by atoms with van der Waals surface area (Å²) in [6, 6.07) is 15.8. The van der Waals surface area contributed by atoms with Crippen molar-refractivity contribution in [2.45, 2.75) is 13.5 Å². The number of nitrogens with zero attached hydrogens (tertiary/aromatic N) is 2. The van der Waals surface area contributed by atoms with Crippen molar-refractivity contribution in [1.29, 1.82) is 5.26 Å². The van der Waals surface area contributed by atoms with E-state index in [2.05, 4.69) is 17.0 Å². The van der Waals surface area contributed by atoms with Crippen molar-refractivity contribution in [3.8, 4) is 6.07 Å². The molecule has 0 aliphatic heterocycles. The lowest BCUT2D eigenvalue weighted by atomic mass is 10.1. The Morgan fingerprint density at radius 1 is 1.21 bits per heavy atom. The molecule has 19 heavy (non-hydrogen) atoms. The van der Waals surface area contributed by atoms with Crippen LogP contribution in [0.5, 0.6) is 0 Å². The number of benzene rings is 2. The SMILES string of the molecule is Cc1cc(N)cc(N(C)Cc2cccc(C#N)c2)c1. The second kappa shape index (κ2) is 5.45. The Bertz CT molecular complexity index is 606. The van der Waals surface area contributed by atoms with Crippen LogP contribution in [0.2, 0.25) is 0 Å². The number of hydrogen-bond donors (Lipinski definition) is 1. The van der Waals surface area contributed by atoms with Crippen LogP contribution < -0.4 is 10.6 Å². The molecule has 0 radical (unpaired) electrons. The third kappa shape index (κ3) is 3.26. The van der Waals surface area contributed by atoms with Crippen LogP contribution in [0.15, 0.2) is 42.5 Å². The summed E-state index contributed by atoms with van der Waals surface area (Å²) in [6.45, 7) is 2.78. The molecule has 0 fully saturated rings. The van der Waals surface area contributed by atoms with Crippen molar-refractivity contribution in [2.24, 2.45) is 0 Å². The highest BCUT2D eigenvalue weighted by Gasteiger charge is 2.04. The van der Waals surface area contributed by atoms with Gasteiger partial charge in [-0.15, -0.1) is 0 Å². The topological polar surface area (TPSA) is 53.0 Å². The van der Waals surface area contributed by atoms with Crippen LogP contribution in [0.25, 0.3) is 0 Å². The standard InChI is InChI=1S/C16H17N3/c1-12-6-15(18)9-16(7-12)19(2)11-14-5-3-4-13(8-14)10-17/h3-9H,11,18H2,1-2H3. The molecule has 3 heteroatoms. The number of nitrogen functional groups attached to an aromatic ring is 1. The Kier molecular flexibility index (Phi) is 3.72. The first kappa shape index (κ1) is 13.0. The number of nitrogens with two attached hydrogens (primary N) is 1. The maximum absolute atomic E-state index is 8.91. The minimum absolute atomic E-state index is 0.689. The van der Waals surface area contributed by atoms with Crippen molar-refractivity contribution in [2.75, 3.05) is 17.7 Å². The monoisotopic (exact) mass is 251 g/mol. The molecule has 0 unspecified atom stereocenters. The minimum atomic E-state index is 0.689. The predicted octanol–water partition coefficient (Wildman–Crippen LogP) is 3.09. The maximum atomic E-state index is 8.91. The van der Waals surface area contributed by atoms with Crippen LogP contribution in [0, 0.1) is 18.3 Å². The van der Waals surface area contributed by atoms with E-state index in [-0.39, 0.29) is 0 Å². The molecule has 0 atom stereocenters. The average Bonchev–Trinajstić information content (AvgIpc) is 2.37. The van der Waals surface area contributed by atoms with E-state index in [1.165, 1.54) is 0 Å². The van der Waals surface area contributed by atoms with E-state index in [0.29, 0.717) is 5.56 Å². The van der Waals surface area contributed by atoms with Gasteiger partial charge in [0.1, 0.15) is 0 Å². The maximum Gasteiger partial charge on any atom is 0.0991 e. The zero-order chi connectivity index (χ0) is 13.8. The summed E-state index contributed by atoms with van der Waals surface area (Å²) in [5.74, 6) is 0. The van der Waals surface area contributed by atoms with Crippen LogP contribution in [0.1, 0.15) is 16.7 Å². The molecular formula is C16H17N3. The van der Waals surface area contributed by atoms with Crippen LogP contribution in [0.3, 0.4) is 0 Å². The molecule has 0 amide bonds. The molecule has 2 aromatic rings. The lowest BCUT2D eigenvalue weighted by molar-refractivity contribution is 0.922. The summed E-state index contributed by atoms with van der Waals surface area (Å²) in [7, 11) is 2.02. The summed E-state index contributed by atoms with van der Waals surface area (Å²) in [5.41, 5.74) is 10.7. The van der Waals surface area contributed by atoms with Crippen molar-refractivity contribution in [1.82, 2.24) is 0 Å². The molecule has 2 rings (SSSR count). The number of rotatable bonds is 3. The minimum Gasteiger partial charge on any atom is -0.399 e. The van der Waals surface area contributed by atoms with Gasteiger partial charge in [0.15, 0.2) is 0 Å². The first-order valence-corrected chi connectivity index (χ1v) is 6.16. The molecule has 96 valence electrons. The molecule has 0 aliphatic carbocycles. The van der Waals surface area contributed by atoms with E-state index in [9.17, 15) is 0 Å². The fourth-order valence-electron chi connectivity index (χ4n) is 2.12. The zero-order valence-corrected chi connectivity index (χ0v) is 11.2. The molecule has 0 aromatic heterocycles. The van der Waals surface area contributed by atoms with Gasteiger partial charge in [-0.25, -0.2) is 0 Å². The van der Waals surface area contributed by atoms with E-state index in [1.807, 2.05) is 50.4 Å². The van der Waals surface area contributed by atoms with Gasteiger partial charge < -0.3 is 10.6 Å². The number of hydrogen-bond acceptors (Lipinski definition) is 3. The molecule has 0 heterocycles. The molecule has 0 saturated carbocycles. The van der Waals surface area contributed by atoms with Crippen molar-refractivity contribution >= 4 is 11.4 Å². The largest absolute Gasteiger partial charge is 0.399 e. The third-order valence-corrected chi connectivity index (χ3v) is 3.00. The Balaban J connectivity index is 2.20. The van der Waals surface area contributed by atoms with Gasteiger partial charge in [-0.05, 0) is 48.4 Å². The molecule has 0 aliphatic rings. The van der Waals surface area contributed by atoms with E-state index in [1.54, 1.807) is 0 Å². The van der Waals surface area contributed by atoms with Gasteiger partial charge in [0.25, 0.3) is 0 Å². The number of aryl methyl sites for hydroxylation is 1. The van der Waals surface area contributed by atoms with E-state index < -0.39 is 0 Å². The zero-order valence-electron chi connectivity index (χ0n) is 11.2. The second-order valence-corrected chi connectivity index (χ2v) is 4.77. The first-order chi connectivity index (χ1) is 9.08. The number of anilines is 2. The van der Waals surface area contributed by atoms with Gasteiger partial charge in [-0.3, -0.25) is 0 Å². The highest BCUT2D eigenvalue weighted by Crippen LogP contribution is 2.21. The highest BCUT2D eigenvalue weighted by atomic mass is 15.1. The molecule has 0 bridgehead atoms. The normalized spacial score (nSPS) is 9.95. The predicted molar refractivity (Wildman–Crippen MR) is 78.9 cm³/mol. The Morgan fingerprint density at radius 2 is 2.00 bits per heavy atom. The summed E-state index contributed by atoms with van der Waals surface area (Å²) in [6.07, 6.45) is 0. The summed E-state index contributed by atoms with van der Waals surface area (Å²) in [5, 5.41) is 8.91. The Labute approximate surface area is 113 Å². The average molecular weight is 251 g/mol. The molecule has 0 saturated heterocycles. The summed E-state index contributed by atoms with van der Waals surface area (Å²) in [4.78, 5) is 2.12. The third-order valence-electron chi connectivity index (χ3n) is 3.00. The van der Waals surface area contributed by atoms with Gasteiger partial charge in [0.2, 0.25) is 0 Å². The van der Waals surface area contributed by atoms with Gasteiger partial charge >= 0.3 is 0 Å². The Hall–Kier alpha value is -2.47. The van der Waals surface area contributed by atoms with E-state index in [0.717, 1.165) is 29.0 Å². The molecule has 0 spiro atoms. The van der Waals surface area contributed by atoms with E-state index >= 15 is 0 Å². The van der Waals surface area contributed by atoms with Crippen LogP contribution >= 0.6 is 0 Å². The molecule has 2 aromatic carbocycles. The number of nitriles is 1. The quantitative estimate of drug-likeness (QED) is 0.853. The van der Waals surface area contributed by atoms with Gasteiger partial charge in [-0.2, -0.15) is 5.26 Å². The van der Waals surface area contributed by atoms with Crippen LogP contribution in [-0.2, 0) is 6.54 Å². The summed E-state index contributed by atoms with van der Waals surface area (Å²) >= 11 is 0. The van der Waals surface area contributed by atoms with Crippen molar-refractivity contribution in [3.63, 3.8) is 0 Å². The fourth-order valence-corrected chi connectivity index (χ4v) is 2.12. The molecule has 3 nitrogen and oxygen atoms in total. The van der Waals surface area contributed by atoms with Gasteiger partial charge in [0.05, 0.1) is 11.6 Å². The molecular weight excluding hydrogens is 234 g/mol. The van der Waals surface area contributed by atoms with Gasteiger partial charge in [0, 0.05) is 25.0 Å². The van der Waals surface area contributed by atoms with Crippen LogP contribution in [0.4, 0.5) is 11.4 Å². The summed E-state index contributed by atoms with van der Waals surface area (Å²) < 4.78 is 0. The van der Waals surface area contributed by atoms with Crippen LogP contribution in [-0.4, -0.2) is 7.05 Å². The van der Waals surface area contributed by atoms with Gasteiger partial charge in [-0.1, -0.05) is 12.1 Å².